The van der Waals surface area contributed by atoms with Gasteiger partial charge in [-0.2, -0.15) is 5.10 Å². The molecule has 0 fully saturated rings. The van der Waals surface area contributed by atoms with Crippen LogP contribution in [0.25, 0.3) is 0 Å². The van der Waals surface area contributed by atoms with Crippen LogP contribution in [0.4, 0.5) is 0 Å². The lowest BCUT2D eigenvalue weighted by Crippen LogP contribution is -2.22. The average Bonchev–Trinajstić information content (AvgIpc) is 2.75. The Labute approximate surface area is 114 Å². The number of nitrogens with zero attached hydrogens (tertiary/aromatic N) is 2. The SMILES string of the molecule is Cc1ccc(Oc2cnn(C)c2)c(CNC(C)C)c1. The summed E-state index contributed by atoms with van der Waals surface area (Å²) in [6.07, 6.45) is 3.58. The summed E-state index contributed by atoms with van der Waals surface area (Å²) in [5, 5.41) is 7.53. The average molecular weight is 259 g/mol. The first-order chi connectivity index (χ1) is 9.04. The van der Waals surface area contributed by atoms with Crippen molar-refractivity contribution >= 4 is 0 Å². The molecule has 0 saturated heterocycles. The Balaban J connectivity index is 2.18. The van der Waals surface area contributed by atoms with Gasteiger partial charge in [-0.15, -0.1) is 0 Å². The van der Waals surface area contributed by atoms with E-state index in [0.717, 1.165) is 23.6 Å². The van der Waals surface area contributed by atoms with Crippen LogP contribution in [-0.4, -0.2) is 15.8 Å². The van der Waals surface area contributed by atoms with Gasteiger partial charge in [-0.05, 0) is 13.0 Å². The topological polar surface area (TPSA) is 39.1 Å². The number of benzene rings is 1. The molecular formula is C15H21N3O. The van der Waals surface area contributed by atoms with Gasteiger partial charge in [0.1, 0.15) is 5.75 Å². The Hall–Kier alpha value is -1.81. The fraction of sp³-hybridized carbons (Fsp3) is 0.400. The second kappa shape index (κ2) is 5.89. The Bertz CT molecular complexity index is 546. The predicted molar refractivity (Wildman–Crippen MR) is 76.4 cm³/mol. The van der Waals surface area contributed by atoms with Gasteiger partial charge in [-0.25, -0.2) is 0 Å². The Kier molecular flexibility index (Phi) is 4.22. The zero-order chi connectivity index (χ0) is 13.8. The molecule has 0 bridgehead atoms. The van der Waals surface area contributed by atoms with Gasteiger partial charge in [-0.1, -0.05) is 31.5 Å². The first-order valence-electron chi connectivity index (χ1n) is 6.54. The van der Waals surface area contributed by atoms with Crippen LogP contribution in [0.2, 0.25) is 0 Å². The molecule has 2 rings (SSSR count). The molecule has 0 saturated carbocycles. The highest BCUT2D eigenvalue weighted by Crippen LogP contribution is 2.26. The van der Waals surface area contributed by atoms with Crippen LogP contribution in [-0.2, 0) is 13.6 Å². The van der Waals surface area contributed by atoms with Gasteiger partial charge in [-0.3, -0.25) is 4.68 Å². The minimum atomic E-state index is 0.451. The molecule has 0 aliphatic rings. The van der Waals surface area contributed by atoms with Crippen molar-refractivity contribution in [2.75, 3.05) is 0 Å². The maximum Gasteiger partial charge on any atom is 0.165 e. The van der Waals surface area contributed by atoms with E-state index >= 15 is 0 Å². The summed E-state index contributed by atoms with van der Waals surface area (Å²) in [5.74, 6) is 1.64. The van der Waals surface area contributed by atoms with E-state index in [-0.39, 0.29) is 0 Å². The highest BCUT2D eigenvalue weighted by molar-refractivity contribution is 5.39. The lowest BCUT2D eigenvalue weighted by Gasteiger charge is -2.13. The van der Waals surface area contributed by atoms with Crippen molar-refractivity contribution in [1.82, 2.24) is 15.1 Å². The minimum Gasteiger partial charge on any atom is -0.454 e. The summed E-state index contributed by atoms with van der Waals surface area (Å²) in [5.41, 5.74) is 2.40. The molecule has 0 unspecified atom stereocenters. The lowest BCUT2D eigenvalue weighted by atomic mass is 10.1. The van der Waals surface area contributed by atoms with E-state index in [1.165, 1.54) is 5.56 Å². The summed E-state index contributed by atoms with van der Waals surface area (Å²) in [7, 11) is 1.88. The van der Waals surface area contributed by atoms with Crippen LogP contribution in [0.15, 0.2) is 30.6 Å². The number of nitrogens with one attached hydrogen (secondary N) is 1. The van der Waals surface area contributed by atoms with Crippen molar-refractivity contribution in [2.45, 2.75) is 33.4 Å². The summed E-state index contributed by atoms with van der Waals surface area (Å²) in [6, 6.07) is 6.68. The fourth-order valence-corrected chi connectivity index (χ4v) is 1.84. The third-order valence-electron chi connectivity index (χ3n) is 2.83. The molecule has 0 radical (unpaired) electrons. The van der Waals surface area contributed by atoms with Gasteiger partial charge in [0.25, 0.3) is 0 Å². The zero-order valence-electron chi connectivity index (χ0n) is 12.0. The van der Waals surface area contributed by atoms with Gasteiger partial charge in [0.05, 0.1) is 12.4 Å². The summed E-state index contributed by atoms with van der Waals surface area (Å²) in [6.45, 7) is 7.16. The zero-order valence-corrected chi connectivity index (χ0v) is 12.0. The monoisotopic (exact) mass is 259 g/mol. The third kappa shape index (κ3) is 3.83. The van der Waals surface area contributed by atoms with Crippen LogP contribution in [0.5, 0.6) is 11.5 Å². The molecule has 1 aromatic heterocycles. The van der Waals surface area contributed by atoms with E-state index in [2.05, 4.69) is 43.3 Å². The number of hydrogen-bond acceptors (Lipinski definition) is 3. The van der Waals surface area contributed by atoms with E-state index in [0.29, 0.717) is 6.04 Å². The maximum atomic E-state index is 5.89. The number of aromatic nitrogens is 2. The molecule has 1 aromatic carbocycles. The molecule has 0 atom stereocenters. The van der Waals surface area contributed by atoms with Crippen molar-refractivity contribution in [3.05, 3.63) is 41.7 Å². The summed E-state index contributed by atoms with van der Waals surface area (Å²) in [4.78, 5) is 0. The summed E-state index contributed by atoms with van der Waals surface area (Å²) < 4.78 is 7.63. The normalized spacial score (nSPS) is 11.0. The first kappa shape index (κ1) is 13.6. The molecule has 1 N–H and O–H groups in total. The van der Waals surface area contributed by atoms with Gasteiger partial charge in [0.2, 0.25) is 0 Å². The lowest BCUT2D eigenvalue weighted by molar-refractivity contribution is 0.468. The number of ether oxygens (including phenoxy) is 1. The van der Waals surface area contributed by atoms with Crippen LogP contribution in [0.3, 0.4) is 0 Å². The van der Waals surface area contributed by atoms with E-state index in [1.54, 1.807) is 10.9 Å². The fourth-order valence-electron chi connectivity index (χ4n) is 1.84. The molecule has 0 spiro atoms. The minimum absolute atomic E-state index is 0.451. The van der Waals surface area contributed by atoms with Crippen molar-refractivity contribution in [1.29, 1.82) is 0 Å². The van der Waals surface area contributed by atoms with E-state index in [9.17, 15) is 0 Å². The molecule has 4 heteroatoms. The molecular weight excluding hydrogens is 238 g/mol. The molecule has 0 aliphatic carbocycles. The second-order valence-electron chi connectivity index (χ2n) is 5.10. The van der Waals surface area contributed by atoms with Crippen molar-refractivity contribution in [3.8, 4) is 11.5 Å². The third-order valence-corrected chi connectivity index (χ3v) is 2.83. The van der Waals surface area contributed by atoms with Gasteiger partial charge in [0, 0.05) is 25.2 Å². The Morgan fingerprint density at radius 2 is 2.16 bits per heavy atom. The number of rotatable bonds is 5. The first-order valence-corrected chi connectivity index (χ1v) is 6.54. The smallest absolute Gasteiger partial charge is 0.165 e. The van der Waals surface area contributed by atoms with Crippen molar-refractivity contribution < 1.29 is 4.74 Å². The molecule has 19 heavy (non-hydrogen) atoms. The van der Waals surface area contributed by atoms with Crippen LogP contribution in [0, 0.1) is 6.92 Å². The molecule has 1 heterocycles. The molecule has 0 amide bonds. The van der Waals surface area contributed by atoms with E-state index in [4.69, 9.17) is 4.74 Å². The number of hydrogen-bond donors (Lipinski definition) is 1. The van der Waals surface area contributed by atoms with Crippen LogP contribution in [0.1, 0.15) is 25.0 Å². The molecule has 2 aromatic rings. The van der Waals surface area contributed by atoms with Crippen LogP contribution < -0.4 is 10.1 Å². The molecule has 0 aliphatic heterocycles. The van der Waals surface area contributed by atoms with Crippen LogP contribution >= 0.6 is 0 Å². The Morgan fingerprint density at radius 3 is 2.79 bits per heavy atom. The maximum absolute atomic E-state index is 5.89. The second-order valence-corrected chi connectivity index (χ2v) is 5.10. The quantitative estimate of drug-likeness (QED) is 0.897. The van der Waals surface area contributed by atoms with E-state index < -0.39 is 0 Å². The molecule has 102 valence electrons. The van der Waals surface area contributed by atoms with Gasteiger partial charge >= 0.3 is 0 Å². The predicted octanol–water partition coefficient (Wildman–Crippen LogP) is 3.02. The largest absolute Gasteiger partial charge is 0.454 e. The van der Waals surface area contributed by atoms with Crippen molar-refractivity contribution in [3.63, 3.8) is 0 Å². The van der Waals surface area contributed by atoms with Crippen molar-refractivity contribution in [2.24, 2.45) is 7.05 Å². The van der Waals surface area contributed by atoms with Gasteiger partial charge < -0.3 is 10.1 Å². The van der Waals surface area contributed by atoms with Gasteiger partial charge in [0.15, 0.2) is 5.75 Å². The Morgan fingerprint density at radius 1 is 1.37 bits per heavy atom. The molecule has 4 nitrogen and oxygen atoms in total. The number of aryl methyl sites for hydroxylation is 2. The van der Waals surface area contributed by atoms with E-state index in [1.807, 2.05) is 19.3 Å². The standard InChI is InChI=1S/C15H21N3O/c1-11(2)16-8-13-7-12(3)5-6-15(13)19-14-9-17-18(4)10-14/h5-7,9-11,16H,8H2,1-4H3. The highest BCUT2D eigenvalue weighted by Gasteiger charge is 2.07. The highest BCUT2D eigenvalue weighted by atomic mass is 16.5. The summed E-state index contributed by atoms with van der Waals surface area (Å²) >= 11 is 0.